The molecule has 5 heteroatoms. The summed E-state index contributed by atoms with van der Waals surface area (Å²) in [6, 6.07) is 12.8. The van der Waals surface area contributed by atoms with Crippen molar-refractivity contribution in [1.82, 2.24) is 0 Å². The van der Waals surface area contributed by atoms with E-state index < -0.39 is 0 Å². The maximum Gasteiger partial charge on any atom is 0.248 e. The quantitative estimate of drug-likeness (QED) is 0.671. The summed E-state index contributed by atoms with van der Waals surface area (Å²) in [5.74, 6) is 1.90. The highest BCUT2D eigenvalue weighted by atomic mass is 16.5. The lowest BCUT2D eigenvalue weighted by Crippen LogP contribution is -2.07. The second kappa shape index (κ2) is 10.1. The average Bonchev–Trinajstić information content (AvgIpc) is 2.67. The van der Waals surface area contributed by atoms with E-state index in [0.29, 0.717) is 30.4 Å². The van der Waals surface area contributed by atoms with Gasteiger partial charge >= 0.3 is 0 Å². The summed E-state index contributed by atoms with van der Waals surface area (Å²) in [5.41, 5.74) is 1.57. The number of methoxy groups -OCH3 is 1. The molecule has 0 spiro atoms. The number of nitrogens with one attached hydrogen (secondary N) is 1. The van der Waals surface area contributed by atoms with Crippen LogP contribution in [0.2, 0.25) is 0 Å². The molecule has 0 radical (unpaired) electrons. The molecule has 0 aliphatic rings. The van der Waals surface area contributed by atoms with Gasteiger partial charge in [-0.2, -0.15) is 0 Å². The molecular weight excluding hydrogens is 330 g/mol. The molecule has 0 atom stereocenters. The molecule has 138 valence electrons. The van der Waals surface area contributed by atoms with Gasteiger partial charge in [0.25, 0.3) is 0 Å². The molecule has 1 amide bonds. The first kappa shape index (κ1) is 19.4. The van der Waals surface area contributed by atoms with Gasteiger partial charge in [0.1, 0.15) is 5.75 Å². The summed E-state index contributed by atoms with van der Waals surface area (Å²) >= 11 is 0. The van der Waals surface area contributed by atoms with Gasteiger partial charge in [-0.3, -0.25) is 4.79 Å². The first-order valence-electron chi connectivity index (χ1n) is 8.69. The summed E-state index contributed by atoms with van der Waals surface area (Å²) in [6.07, 6.45) is 4.17. The van der Waals surface area contributed by atoms with Crippen molar-refractivity contribution in [3.63, 3.8) is 0 Å². The third-order valence-corrected chi connectivity index (χ3v) is 3.51. The zero-order valence-electron chi connectivity index (χ0n) is 15.5. The highest BCUT2D eigenvalue weighted by molar-refractivity contribution is 6.01. The van der Waals surface area contributed by atoms with E-state index >= 15 is 0 Å². The van der Waals surface area contributed by atoms with Crippen LogP contribution in [-0.2, 0) is 4.79 Å². The Morgan fingerprint density at radius 3 is 2.46 bits per heavy atom. The van der Waals surface area contributed by atoms with Crippen molar-refractivity contribution in [1.29, 1.82) is 0 Å². The van der Waals surface area contributed by atoms with Gasteiger partial charge < -0.3 is 19.5 Å². The minimum Gasteiger partial charge on any atom is -0.494 e. The van der Waals surface area contributed by atoms with Crippen LogP contribution in [0.4, 0.5) is 5.69 Å². The highest BCUT2D eigenvalue weighted by Crippen LogP contribution is 2.28. The fourth-order valence-corrected chi connectivity index (χ4v) is 2.27. The molecule has 0 aromatic heterocycles. The zero-order valence-corrected chi connectivity index (χ0v) is 15.5. The SMILES string of the molecule is CCCOc1ccc(NC(=O)/C=C/c2ccc(OCC)c(OC)c2)cc1. The van der Waals surface area contributed by atoms with Crippen molar-refractivity contribution in [3.05, 3.63) is 54.1 Å². The molecular formula is C21H25NO4. The van der Waals surface area contributed by atoms with Gasteiger partial charge in [0.2, 0.25) is 5.91 Å². The second-order valence-corrected chi connectivity index (χ2v) is 5.54. The molecule has 0 saturated heterocycles. The van der Waals surface area contributed by atoms with Crippen LogP contribution >= 0.6 is 0 Å². The summed E-state index contributed by atoms with van der Waals surface area (Å²) in [7, 11) is 1.59. The van der Waals surface area contributed by atoms with Gasteiger partial charge in [-0.1, -0.05) is 13.0 Å². The lowest BCUT2D eigenvalue weighted by atomic mass is 10.2. The molecule has 5 nitrogen and oxygen atoms in total. The molecule has 2 aromatic rings. The molecule has 26 heavy (non-hydrogen) atoms. The van der Waals surface area contributed by atoms with E-state index in [1.165, 1.54) is 6.08 Å². The van der Waals surface area contributed by atoms with E-state index in [2.05, 4.69) is 12.2 Å². The highest BCUT2D eigenvalue weighted by Gasteiger charge is 2.04. The topological polar surface area (TPSA) is 56.8 Å². The fourth-order valence-electron chi connectivity index (χ4n) is 2.27. The average molecular weight is 355 g/mol. The number of hydrogen-bond donors (Lipinski definition) is 1. The monoisotopic (exact) mass is 355 g/mol. The van der Waals surface area contributed by atoms with Crippen LogP contribution in [0.5, 0.6) is 17.2 Å². The van der Waals surface area contributed by atoms with Crippen molar-refractivity contribution in [2.45, 2.75) is 20.3 Å². The van der Waals surface area contributed by atoms with Crippen LogP contribution in [0.15, 0.2) is 48.5 Å². The molecule has 2 rings (SSSR count). The third-order valence-electron chi connectivity index (χ3n) is 3.51. The van der Waals surface area contributed by atoms with E-state index in [1.54, 1.807) is 13.2 Å². The Morgan fingerprint density at radius 1 is 1.04 bits per heavy atom. The van der Waals surface area contributed by atoms with Crippen molar-refractivity contribution in [2.75, 3.05) is 25.6 Å². The van der Waals surface area contributed by atoms with Gasteiger partial charge in [0.15, 0.2) is 11.5 Å². The van der Waals surface area contributed by atoms with Gasteiger partial charge in [-0.25, -0.2) is 0 Å². The molecule has 0 aliphatic carbocycles. The Bertz CT molecular complexity index is 738. The Kier molecular flexibility index (Phi) is 7.55. The van der Waals surface area contributed by atoms with Gasteiger partial charge in [-0.15, -0.1) is 0 Å². The van der Waals surface area contributed by atoms with Crippen molar-refractivity contribution < 1.29 is 19.0 Å². The van der Waals surface area contributed by atoms with E-state index in [1.807, 2.05) is 49.4 Å². The third kappa shape index (κ3) is 5.84. The summed E-state index contributed by atoms with van der Waals surface area (Å²) < 4.78 is 16.3. The zero-order chi connectivity index (χ0) is 18.8. The maximum absolute atomic E-state index is 12.1. The van der Waals surface area contributed by atoms with Crippen LogP contribution in [-0.4, -0.2) is 26.2 Å². The minimum atomic E-state index is -0.208. The van der Waals surface area contributed by atoms with Crippen LogP contribution in [0.1, 0.15) is 25.8 Å². The van der Waals surface area contributed by atoms with Crippen LogP contribution in [0.3, 0.4) is 0 Å². The lowest BCUT2D eigenvalue weighted by molar-refractivity contribution is -0.111. The number of rotatable bonds is 9. The summed E-state index contributed by atoms with van der Waals surface area (Å²) in [4.78, 5) is 12.1. The Labute approximate surface area is 154 Å². The van der Waals surface area contributed by atoms with Gasteiger partial charge in [0, 0.05) is 11.8 Å². The van der Waals surface area contributed by atoms with Crippen LogP contribution in [0, 0.1) is 0 Å². The van der Waals surface area contributed by atoms with Crippen molar-refractivity contribution in [3.8, 4) is 17.2 Å². The number of carbonyl (C=O) groups is 1. The molecule has 0 saturated carbocycles. The number of carbonyl (C=O) groups excluding carboxylic acids is 1. The van der Waals surface area contributed by atoms with E-state index in [-0.39, 0.29) is 5.91 Å². The lowest BCUT2D eigenvalue weighted by Gasteiger charge is -2.09. The minimum absolute atomic E-state index is 0.208. The Hall–Kier alpha value is -2.95. The van der Waals surface area contributed by atoms with E-state index in [9.17, 15) is 4.79 Å². The summed E-state index contributed by atoms with van der Waals surface area (Å²) in [6.45, 7) is 5.22. The molecule has 1 N–H and O–H groups in total. The van der Waals surface area contributed by atoms with Gasteiger partial charge in [-0.05, 0) is 61.4 Å². The van der Waals surface area contributed by atoms with Crippen LogP contribution < -0.4 is 19.5 Å². The Balaban J connectivity index is 1.96. The molecule has 0 unspecified atom stereocenters. The Morgan fingerprint density at radius 2 is 1.81 bits per heavy atom. The number of ether oxygens (including phenoxy) is 3. The molecule has 0 heterocycles. The number of anilines is 1. The largest absolute Gasteiger partial charge is 0.494 e. The molecule has 0 aliphatic heterocycles. The van der Waals surface area contributed by atoms with Gasteiger partial charge in [0.05, 0.1) is 20.3 Å². The molecule has 2 aromatic carbocycles. The first-order chi connectivity index (χ1) is 12.7. The first-order valence-corrected chi connectivity index (χ1v) is 8.69. The normalized spacial score (nSPS) is 10.6. The molecule has 0 fully saturated rings. The summed E-state index contributed by atoms with van der Waals surface area (Å²) in [5, 5.41) is 2.82. The predicted molar refractivity (Wildman–Crippen MR) is 104 cm³/mol. The van der Waals surface area contributed by atoms with Crippen molar-refractivity contribution in [2.24, 2.45) is 0 Å². The number of hydrogen-bond acceptors (Lipinski definition) is 4. The second-order valence-electron chi connectivity index (χ2n) is 5.54. The van der Waals surface area contributed by atoms with Crippen molar-refractivity contribution >= 4 is 17.7 Å². The van der Waals surface area contributed by atoms with E-state index in [4.69, 9.17) is 14.2 Å². The number of amides is 1. The van der Waals surface area contributed by atoms with E-state index in [0.717, 1.165) is 17.7 Å². The number of benzene rings is 2. The predicted octanol–water partition coefficient (Wildman–Crippen LogP) is 4.53. The standard InChI is InChI=1S/C21H25NO4/c1-4-14-26-18-10-8-17(9-11-18)22-21(23)13-7-16-6-12-19(25-5-2)20(15-16)24-3/h6-13,15H,4-5,14H2,1-3H3,(H,22,23)/b13-7+. The van der Waals surface area contributed by atoms with Crippen LogP contribution in [0.25, 0.3) is 6.08 Å². The maximum atomic E-state index is 12.1. The molecule has 0 bridgehead atoms. The smallest absolute Gasteiger partial charge is 0.248 e. The fraction of sp³-hybridized carbons (Fsp3) is 0.286.